The van der Waals surface area contributed by atoms with E-state index in [2.05, 4.69) is 4.74 Å². The van der Waals surface area contributed by atoms with Gasteiger partial charge in [0.05, 0.1) is 0 Å². The average molecular weight is 175 g/mol. The number of carbonyl (C=O) groups is 2. The molecule has 0 aliphatic carbocycles. The van der Waals surface area contributed by atoms with E-state index < -0.39 is 11.7 Å². The van der Waals surface area contributed by atoms with Crippen LogP contribution >= 0.6 is 0 Å². The molecular formula is C8H17NO3. The monoisotopic (exact) mass is 175 g/mol. The quantitative estimate of drug-likeness (QED) is 0.613. The van der Waals surface area contributed by atoms with Crippen LogP contribution in [0.1, 0.15) is 34.1 Å². The SMILES string of the molecule is CC(C)(C)OC(N)=O.CCC=O. The van der Waals surface area contributed by atoms with Crippen molar-refractivity contribution in [2.24, 2.45) is 5.73 Å². The second-order valence-corrected chi connectivity index (χ2v) is 3.11. The summed E-state index contributed by atoms with van der Waals surface area (Å²) in [7, 11) is 0. The van der Waals surface area contributed by atoms with Crippen LogP contribution < -0.4 is 5.73 Å². The van der Waals surface area contributed by atoms with E-state index >= 15 is 0 Å². The van der Waals surface area contributed by atoms with Crippen LogP contribution in [-0.2, 0) is 9.53 Å². The van der Waals surface area contributed by atoms with Crippen molar-refractivity contribution in [3.63, 3.8) is 0 Å². The number of amides is 1. The van der Waals surface area contributed by atoms with Gasteiger partial charge >= 0.3 is 6.09 Å². The molecule has 0 aliphatic heterocycles. The molecule has 72 valence electrons. The van der Waals surface area contributed by atoms with Crippen LogP contribution in [0.2, 0.25) is 0 Å². The molecule has 0 aromatic heterocycles. The summed E-state index contributed by atoms with van der Waals surface area (Å²) in [6.07, 6.45) is 0.789. The van der Waals surface area contributed by atoms with Gasteiger partial charge in [-0.3, -0.25) is 0 Å². The first-order chi connectivity index (χ1) is 5.33. The van der Waals surface area contributed by atoms with Crippen LogP contribution in [0.15, 0.2) is 0 Å². The van der Waals surface area contributed by atoms with E-state index in [1.807, 2.05) is 6.92 Å². The highest BCUT2D eigenvalue weighted by molar-refractivity contribution is 5.65. The summed E-state index contributed by atoms with van der Waals surface area (Å²) in [5, 5.41) is 0. The summed E-state index contributed by atoms with van der Waals surface area (Å²) in [5.74, 6) is 0. The lowest BCUT2D eigenvalue weighted by Gasteiger charge is -2.16. The van der Waals surface area contributed by atoms with E-state index in [9.17, 15) is 9.59 Å². The molecule has 0 atom stereocenters. The van der Waals surface area contributed by atoms with Gasteiger partial charge in [0.1, 0.15) is 11.9 Å². The Labute approximate surface area is 73.1 Å². The molecule has 2 N–H and O–H groups in total. The van der Waals surface area contributed by atoms with Gasteiger partial charge in [-0.15, -0.1) is 0 Å². The van der Waals surface area contributed by atoms with Crippen molar-refractivity contribution in [2.75, 3.05) is 0 Å². The van der Waals surface area contributed by atoms with Crippen molar-refractivity contribution >= 4 is 12.4 Å². The lowest BCUT2D eigenvalue weighted by atomic mass is 10.2. The minimum Gasteiger partial charge on any atom is -0.444 e. The van der Waals surface area contributed by atoms with Crippen LogP contribution in [0.25, 0.3) is 0 Å². The highest BCUT2D eigenvalue weighted by atomic mass is 16.6. The van der Waals surface area contributed by atoms with E-state index in [0.29, 0.717) is 6.42 Å². The molecule has 0 rings (SSSR count). The Bertz CT molecular complexity index is 138. The molecule has 12 heavy (non-hydrogen) atoms. The highest BCUT2D eigenvalue weighted by Crippen LogP contribution is 2.04. The third-order valence-electron chi connectivity index (χ3n) is 0.573. The summed E-state index contributed by atoms with van der Waals surface area (Å²) >= 11 is 0. The molecule has 0 fully saturated rings. The smallest absolute Gasteiger partial charge is 0.405 e. The number of primary amides is 1. The fourth-order valence-electron chi connectivity index (χ4n) is 0.302. The Kier molecular flexibility index (Phi) is 7.48. The summed E-state index contributed by atoms with van der Waals surface area (Å²) in [5.41, 5.74) is 4.26. The standard InChI is InChI=1S/C5H11NO2.C3H6O/c1-5(2,3)8-4(6)7;1-2-3-4/h1-3H3,(H2,6,7);3H,2H2,1H3. The summed E-state index contributed by atoms with van der Waals surface area (Å²) < 4.78 is 4.58. The van der Waals surface area contributed by atoms with Gasteiger partial charge in [-0.2, -0.15) is 0 Å². The number of carbonyl (C=O) groups excluding carboxylic acids is 2. The van der Waals surface area contributed by atoms with Gasteiger partial charge in [0.25, 0.3) is 0 Å². The van der Waals surface area contributed by atoms with E-state index in [4.69, 9.17) is 5.73 Å². The number of hydrogen-bond donors (Lipinski definition) is 1. The average Bonchev–Trinajstić information content (AvgIpc) is 1.83. The van der Waals surface area contributed by atoms with Gasteiger partial charge in [-0.05, 0) is 20.8 Å². The lowest BCUT2D eigenvalue weighted by molar-refractivity contribution is -0.107. The molecule has 0 aromatic carbocycles. The van der Waals surface area contributed by atoms with Gasteiger partial charge in [0.2, 0.25) is 0 Å². The molecule has 0 aliphatic rings. The van der Waals surface area contributed by atoms with E-state index in [1.54, 1.807) is 20.8 Å². The molecule has 0 unspecified atom stereocenters. The van der Waals surface area contributed by atoms with Crippen molar-refractivity contribution in [2.45, 2.75) is 39.7 Å². The molecule has 0 aromatic rings. The molecular weight excluding hydrogens is 158 g/mol. The minimum absolute atomic E-state index is 0.453. The van der Waals surface area contributed by atoms with Crippen LogP contribution in [0.4, 0.5) is 4.79 Å². The van der Waals surface area contributed by atoms with Gasteiger partial charge in [0.15, 0.2) is 0 Å². The van der Waals surface area contributed by atoms with Crippen molar-refractivity contribution < 1.29 is 14.3 Å². The van der Waals surface area contributed by atoms with E-state index in [-0.39, 0.29) is 0 Å². The Hall–Kier alpha value is -1.06. The van der Waals surface area contributed by atoms with Crippen molar-refractivity contribution in [3.05, 3.63) is 0 Å². The number of aldehydes is 1. The van der Waals surface area contributed by atoms with Gasteiger partial charge in [-0.1, -0.05) is 6.92 Å². The van der Waals surface area contributed by atoms with Crippen LogP contribution in [0, 0.1) is 0 Å². The zero-order valence-electron chi connectivity index (χ0n) is 8.09. The van der Waals surface area contributed by atoms with E-state index in [1.165, 1.54) is 0 Å². The zero-order chi connectivity index (χ0) is 10.2. The first kappa shape index (κ1) is 13.5. The second-order valence-electron chi connectivity index (χ2n) is 3.11. The highest BCUT2D eigenvalue weighted by Gasteiger charge is 2.12. The minimum atomic E-state index is -0.725. The Morgan fingerprint density at radius 1 is 1.50 bits per heavy atom. The summed E-state index contributed by atoms with van der Waals surface area (Å²) in [4.78, 5) is 19.2. The molecule has 0 heterocycles. The molecule has 1 amide bonds. The molecule has 0 bridgehead atoms. The molecule has 4 nitrogen and oxygen atoms in total. The summed E-state index contributed by atoms with van der Waals surface area (Å²) in [6.45, 7) is 7.10. The molecule has 0 spiro atoms. The topological polar surface area (TPSA) is 69.4 Å². The van der Waals surface area contributed by atoms with Crippen molar-refractivity contribution in [1.82, 2.24) is 0 Å². The molecule has 0 radical (unpaired) electrons. The van der Waals surface area contributed by atoms with Crippen LogP contribution in [0.3, 0.4) is 0 Å². The van der Waals surface area contributed by atoms with Crippen LogP contribution in [0.5, 0.6) is 0 Å². The maximum atomic E-state index is 10.0. The molecule has 0 saturated heterocycles. The Balaban J connectivity index is 0. The number of ether oxygens (including phenoxy) is 1. The lowest BCUT2D eigenvalue weighted by Crippen LogP contribution is -2.27. The first-order valence-corrected chi connectivity index (χ1v) is 3.75. The van der Waals surface area contributed by atoms with Crippen molar-refractivity contribution in [3.8, 4) is 0 Å². The second kappa shape index (κ2) is 6.64. The van der Waals surface area contributed by atoms with Gasteiger partial charge in [-0.25, -0.2) is 4.79 Å². The third-order valence-corrected chi connectivity index (χ3v) is 0.573. The summed E-state index contributed by atoms with van der Waals surface area (Å²) in [6, 6.07) is 0. The van der Waals surface area contributed by atoms with Crippen molar-refractivity contribution in [1.29, 1.82) is 0 Å². The fraction of sp³-hybridized carbons (Fsp3) is 0.750. The van der Waals surface area contributed by atoms with Gasteiger partial charge in [0, 0.05) is 6.42 Å². The number of rotatable bonds is 1. The van der Waals surface area contributed by atoms with E-state index in [0.717, 1.165) is 6.29 Å². The normalized spacial score (nSPS) is 9.33. The number of hydrogen-bond acceptors (Lipinski definition) is 3. The Morgan fingerprint density at radius 3 is 1.83 bits per heavy atom. The predicted molar refractivity (Wildman–Crippen MR) is 46.8 cm³/mol. The Morgan fingerprint density at radius 2 is 1.83 bits per heavy atom. The zero-order valence-corrected chi connectivity index (χ0v) is 8.09. The largest absolute Gasteiger partial charge is 0.444 e. The predicted octanol–water partition coefficient (Wildman–Crippen LogP) is 1.48. The molecule has 0 saturated carbocycles. The van der Waals surface area contributed by atoms with Crippen LogP contribution in [-0.4, -0.2) is 18.0 Å². The maximum absolute atomic E-state index is 10.0. The number of nitrogens with two attached hydrogens (primary N) is 1. The first-order valence-electron chi connectivity index (χ1n) is 3.75. The fourth-order valence-corrected chi connectivity index (χ4v) is 0.302. The van der Waals surface area contributed by atoms with Gasteiger partial charge < -0.3 is 15.3 Å². The molecule has 4 heteroatoms. The maximum Gasteiger partial charge on any atom is 0.405 e. The third kappa shape index (κ3) is 23.1.